The van der Waals surface area contributed by atoms with Crippen LogP contribution in [0.4, 0.5) is 4.79 Å². The van der Waals surface area contributed by atoms with Crippen LogP contribution < -0.4 is 14.8 Å². The van der Waals surface area contributed by atoms with Gasteiger partial charge in [-0.05, 0) is 37.0 Å². The van der Waals surface area contributed by atoms with Gasteiger partial charge in [-0.15, -0.1) is 0 Å². The number of nitrogens with one attached hydrogen (secondary N) is 1. The van der Waals surface area contributed by atoms with Gasteiger partial charge >= 0.3 is 12.0 Å². The Morgan fingerprint density at radius 1 is 1.29 bits per heavy atom. The lowest BCUT2D eigenvalue weighted by Gasteiger charge is -2.16. The van der Waals surface area contributed by atoms with Gasteiger partial charge in [0, 0.05) is 19.6 Å². The molecule has 2 rings (SSSR count). The summed E-state index contributed by atoms with van der Waals surface area (Å²) in [7, 11) is 3.20. The van der Waals surface area contributed by atoms with Crippen molar-refractivity contribution in [1.82, 2.24) is 10.2 Å². The van der Waals surface area contributed by atoms with Crippen molar-refractivity contribution < 1.29 is 24.2 Å². The first-order chi connectivity index (χ1) is 11.5. The lowest BCUT2D eigenvalue weighted by Crippen LogP contribution is -2.39. The zero-order valence-corrected chi connectivity index (χ0v) is 14.1. The third kappa shape index (κ3) is 4.53. The monoisotopic (exact) mass is 336 g/mol. The van der Waals surface area contributed by atoms with Crippen LogP contribution in [0.15, 0.2) is 18.2 Å². The van der Waals surface area contributed by atoms with Crippen LogP contribution in [0.2, 0.25) is 0 Å². The molecule has 0 radical (unpaired) electrons. The standard InChI is InChI=1S/C17H24N2O5/c1-23-14-6-5-12(10-15(14)24-2)4-3-8-18-17(22)19-9-7-13(11-19)16(20)21/h5-6,10,13H,3-4,7-9,11H2,1-2H3,(H,18,22)(H,20,21). The Bertz CT molecular complexity index is 590. The maximum absolute atomic E-state index is 12.0. The van der Waals surface area contributed by atoms with Gasteiger partial charge < -0.3 is 24.8 Å². The molecule has 1 aliphatic rings. The molecule has 2 N–H and O–H groups in total. The number of ether oxygens (including phenoxy) is 2. The molecule has 0 aliphatic carbocycles. The van der Waals surface area contributed by atoms with Crippen molar-refractivity contribution in [2.45, 2.75) is 19.3 Å². The number of carbonyl (C=O) groups excluding carboxylic acids is 1. The maximum Gasteiger partial charge on any atom is 0.317 e. The van der Waals surface area contributed by atoms with Gasteiger partial charge in [0.05, 0.1) is 20.1 Å². The first kappa shape index (κ1) is 17.9. The van der Waals surface area contributed by atoms with Gasteiger partial charge in [-0.2, -0.15) is 0 Å². The van der Waals surface area contributed by atoms with Crippen LogP contribution in [0.3, 0.4) is 0 Å². The highest BCUT2D eigenvalue weighted by Crippen LogP contribution is 2.27. The van der Waals surface area contributed by atoms with E-state index in [1.807, 2.05) is 18.2 Å². The van der Waals surface area contributed by atoms with E-state index < -0.39 is 11.9 Å². The molecule has 0 bridgehead atoms. The average Bonchev–Trinajstić information content (AvgIpc) is 3.08. The van der Waals surface area contributed by atoms with Crippen LogP contribution in [0.1, 0.15) is 18.4 Å². The minimum Gasteiger partial charge on any atom is -0.493 e. The summed E-state index contributed by atoms with van der Waals surface area (Å²) in [6.45, 7) is 1.33. The molecule has 1 unspecified atom stereocenters. The lowest BCUT2D eigenvalue weighted by molar-refractivity contribution is -0.141. The summed E-state index contributed by atoms with van der Waals surface area (Å²) in [6, 6.07) is 5.58. The number of aliphatic carboxylic acids is 1. The van der Waals surface area contributed by atoms with Crippen molar-refractivity contribution in [3.05, 3.63) is 23.8 Å². The van der Waals surface area contributed by atoms with Gasteiger partial charge in [0.15, 0.2) is 11.5 Å². The fourth-order valence-electron chi connectivity index (χ4n) is 2.78. The van der Waals surface area contributed by atoms with Crippen LogP contribution in [0.5, 0.6) is 11.5 Å². The number of nitrogens with zero attached hydrogens (tertiary/aromatic N) is 1. The van der Waals surface area contributed by atoms with Crippen molar-refractivity contribution in [3.63, 3.8) is 0 Å². The number of carboxylic acid groups (broad SMARTS) is 1. The van der Waals surface area contributed by atoms with Crippen LogP contribution >= 0.6 is 0 Å². The largest absolute Gasteiger partial charge is 0.493 e. The van der Waals surface area contributed by atoms with Crippen LogP contribution in [-0.4, -0.2) is 55.9 Å². The molecule has 1 fully saturated rings. The smallest absolute Gasteiger partial charge is 0.317 e. The Morgan fingerprint density at radius 2 is 2.04 bits per heavy atom. The van der Waals surface area contributed by atoms with Crippen molar-refractivity contribution >= 4 is 12.0 Å². The number of benzene rings is 1. The third-order valence-electron chi connectivity index (χ3n) is 4.19. The molecule has 1 aliphatic heterocycles. The molecular weight excluding hydrogens is 312 g/mol. The zero-order valence-electron chi connectivity index (χ0n) is 14.1. The summed E-state index contributed by atoms with van der Waals surface area (Å²) < 4.78 is 10.5. The second kappa shape index (κ2) is 8.42. The van der Waals surface area contributed by atoms with Crippen molar-refractivity contribution in [2.75, 3.05) is 33.9 Å². The number of hydrogen-bond donors (Lipinski definition) is 2. The molecule has 132 valence electrons. The minimum absolute atomic E-state index is 0.189. The van der Waals surface area contributed by atoms with E-state index in [1.165, 1.54) is 0 Å². The third-order valence-corrected chi connectivity index (χ3v) is 4.19. The number of likely N-dealkylation sites (tertiary alicyclic amines) is 1. The quantitative estimate of drug-likeness (QED) is 0.741. The van der Waals surface area contributed by atoms with E-state index in [0.29, 0.717) is 31.0 Å². The van der Waals surface area contributed by atoms with Crippen molar-refractivity contribution in [1.29, 1.82) is 0 Å². The predicted molar refractivity (Wildman–Crippen MR) is 88.6 cm³/mol. The molecule has 24 heavy (non-hydrogen) atoms. The minimum atomic E-state index is -0.834. The molecule has 1 aromatic rings. The highest BCUT2D eigenvalue weighted by molar-refractivity contribution is 5.77. The molecular formula is C17H24N2O5. The van der Waals surface area contributed by atoms with E-state index in [9.17, 15) is 9.59 Å². The maximum atomic E-state index is 12.0. The number of amides is 2. The van der Waals surface area contributed by atoms with Gasteiger partial charge in [0.2, 0.25) is 0 Å². The summed E-state index contributed by atoms with van der Waals surface area (Å²) >= 11 is 0. The molecule has 0 saturated carbocycles. The summed E-state index contributed by atoms with van der Waals surface area (Å²) in [5.41, 5.74) is 1.11. The van der Waals surface area contributed by atoms with E-state index >= 15 is 0 Å². The van der Waals surface area contributed by atoms with Crippen molar-refractivity contribution in [3.8, 4) is 11.5 Å². The lowest BCUT2D eigenvalue weighted by atomic mass is 10.1. The molecule has 0 spiro atoms. The van der Waals surface area contributed by atoms with E-state index in [1.54, 1.807) is 19.1 Å². The molecule has 1 atom stereocenters. The van der Waals surface area contributed by atoms with E-state index in [4.69, 9.17) is 14.6 Å². The normalized spacial score (nSPS) is 16.8. The van der Waals surface area contributed by atoms with Crippen LogP contribution in [0, 0.1) is 5.92 Å². The highest BCUT2D eigenvalue weighted by atomic mass is 16.5. The van der Waals surface area contributed by atoms with Gasteiger partial charge in [-0.3, -0.25) is 4.79 Å². The summed E-state index contributed by atoms with van der Waals surface area (Å²) in [4.78, 5) is 24.5. The summed E-state index contributed by atoms with van der Waals surface area (Å²) in [6.07, 6.45) is 2.12. The Kier molecular flexibility index (Phi) is 6.28. The fraction of sp³-hybridized carbons (Fsp3) is 0.529. The fourth-order valence-corrected chi connectivity index (χ4v) is 2.78. The average molecular weight is 336 g/mol. The van der Waals surface area contributed by atoms with Gasteiger partial charge in [0.25, 0.3) is 0 Å². The van der Waals surface area contributed by atoms with E-state index in [0.717, 1.165) is 18.4 Å². The molecule has 1 heterocycles. The second-order valence-electron chi connectivity index (χ2n) is 5.79. The van der Waals surface area contributed by atoms with Gasteiger partial charge in [0.1, 0.15) is 0 Å². The first-order valence-electron chi connectivity index (χ1n) is 8.01. The number of methoxy groups -OCH3 is 2. The number of urea groups is 1. The molecule has 7 nitrogen and oxygen atoms in total. The van der Waals surface area contributed by atoms with Crippen LogP contribution in [-0.2, 0) is 11.2 Å². The Balaban J connectivity index is 1.73. The predicted octanol–water partition coefficient (Wildman–Crippen LogP) is 1.75. The molecule has 2 amide bonds. The van der Waals surface area contributed by atoms with E-state index in [2.05, 4.69) is 5.32 Å². The Morgan fingerprint density at radius 3 is 2.67 bits per heavy atom. The SMILES string of the molecule is COc1ccc(CCCNC(=O)N2CCC(C(=O)O)C2)cc1OC. The number of hydrogen-bond acceptors (Lipinski definition) is 4. The first-order valence-corrected chi connectivity index (χ1v) is 8.01. The van der Waals surface area contributed by atoms with Gasteiger partial charge in [-0.25, -0.2) is 4.79 Å². The van der Waals surface area contributed by atoms with Crippen LogP contribution in [0.25, 0.3) is 0 Å². The Hall–Kier alpha value is -2.44. The van der Waals surface area contributed by atoms with Gasteiger partial charge in [-0.1, -0.05) is 6.07 Å². The summed E-state index contributed by atoms with van der Waals surface area (Å²) in [5.74, 6) is 0.105. The number of aryl methyl sites for hydroxylation is 1. The second-order valence-corrected chi connectivity index (χ2v) is 5.79. The van der Waals surface area contributed by atoms with E-state index in [-0.39, 0.29) is 12.6 Å². The molecule has 1 aromatic carbocycles. The number of rotatable bonds is 7. The zero-order chi connectivity index (χ0) is 17.5. The van der Waals surface area contributed by atoms with Crippen molar-refractivity contribution in [2.24, 2.45) is 5.92 Å². The number of carbonyl (C=O) groups is 2. The number of carboxylic acids is 1. The topological polar surface area (TPSA) is 88.1 Å². The molecule has 1 saturated heterocycles. The highest BCUT2D eigenvalue weighted by Gasteiger charge is 2.30. The molecule has 7 heteroatoms. The molecule has 0 aromatic heterocycles. The Labute approximate surface area is 141 Å². The summed E-state index contributed by atoms with van der Waals surface area (Å²) in [5, 5.41) is 11.8.